The van der Waals surface area contributed by atoms with Crippen LogP contribution in [0.5, 0.6) is 11.6 Å². The van der Waals surface area contributed by atoms with E-state index in [0.29, 0.717) is 31.7 Å². The summed E-state index contributed by atoms with van der Waals surface area (Å²) in [6.07, 6.45) is 0. The summed E-state index contributed by atoms with van der Waals surface area (Å²) < 4.78 is 28.8. The Morgan fingerprint density at radius 3 is 2.44 bits per heavy atom. The third-order valence-electron chi connectivity index (χ3n) is 9.26. The molecule has 11 heteroatoms. The van der Waals surface area contributed by atoms with Gasteiger partial charge >= 0.3 is 0 Å². The maximum Gasteiger partial charge on any atom is 0.216 e. The first-order valence-electron chi connectivity index (χ1n) is 16.6. The minimum atomic E-state index is 0.257. The van der Waals surface area contributed by atoms with Crippen molar-refractivity contribution < 1.29 is 23.7 Å². The summed E-state index contributed by atoms with van der Waals surface area (Å²) in [5.74, 6) is 1.44. The number of hydrogen-bond acceptors (Lipinski definition) is 11. The number of ether oxygens (including phenoxy) is 5. The van der Waals surface area contributed by atoms with Gasteiger partial charge in [-0.2, -0.15) is 0 Å². The van der Waals surface area contributed by atoms with E-state index in [0.717, 1.165) is 86.6 Å². The lowest BCUT2D eigenvalue weighted by atomic mass is 10.1. The van der Waals surface area contributed by atoms with E-state index in [1.807, 2.05) is 47.8 Å². The Hall–Kier alpha value is -3.45. The molecule has 3 saturated heterocycles. The number of rotatable bonds is 9. The summed E-state index contributed by atoms with van der Waals surface area (Å²) in [6.45, 7) is 8.50. The number of anilines is 2. The maximum atomic E-state index is 6.33. The predicted molar refractivity (Wildman–Crippen MR) is 189 cm³/mol. The van der Waals surface area contributed by atoms with Crippen LogP contribution in [0.25, 0.3) is 11.3 Å². The normalized spacial score (nSPS) is 21.0. The van der Waals surface area contributed by atoms with Crippen LogP contribution < -0.4 is 19.7 Å². The van der Waals surface area contributed by atoms with E-state index in [1.54, 1.807) is 7.11 Å². The number of hydrogen-bond donors (Lipinski definition) is 1. The first-order valence-corrected chi connectivity index (χ1v) is 18.2. The quantitative estimate of drug-likeness (QED) is 0.190. The molecule has 250 valence electrons. The molecule has 4 aliphatic rings. The van der Waals surface area contributed by atoms with Gasteiger partial charge in [0.15, 0.2) is 0 Å². The molecule has 0 spiro atoms. The molecule has 0 amide bonds. The summed E-state index contributed by atoms with van der Waals surface area (Å²) in [6, 6.07) is 26.1. The van der Waals surface area contributed by atoms with Crippen molar-refractivity contribution in [1.29, 1.82) is 0 Å². The predicted octanol–water partition coefficient (Wildman–Crippen LogP) is 6.30. The SMILES string of the molecule is COc1ccc(COc2cc(N3CCOCC3)cc(-c3cccc4c3Sc3ccc(NC5COCC5N5CCOCC5)cc3S4)n2)cc1. The van der Waals surface area contributed by atoms with E-state index in [2.05, 4.69) is 63.6 Å². The van der Waals surface area contributed by atoms with Crippen LogP contribution in [-0.4, -0.2) is 94.9 Å². The molecule has 0 radical (unpaired) electrons. The molecule has 0 bridgehead atoms. The number of nitrogens with zero attached hydrogens (tertiary/aromatic N) is 3. The molecule has 2 unspecified atom stereocenters. The Kier molecular flexibility index (Phi) is 9.65. The lowest BCUT2D eigenvalue weighted by molar-refractivity contribution is 0.0131. The smallest absolute Gasteiger partial charge is 0.216 e. The number of methoxy groups -OCH3 is 1. The molecular formula is C37H40N4O5S2. The fraction of sp³-hybridized carbons (Fsp3) is 0.378. The number of fused-ring (bicyclic) bond motifs is 2. The molecule has 4 aliphatic heterocycles. The number of morpholine rings is 2. The van der Waals surface area contributed by atoms with Crippen LogP contribution in [0.1, 0.15) is 5.56 Å². The summed E-state index contributed by atoms with van der Waals surface area (Å²) >= 11 is 3.64. The number of pyridine rings is 1. The zero-order valence-corrected chi connectivity index (χ0v) is 28.7. The van der Waals surface area contributed by atoms with Gasteiger partial charge in [0.25, 0.3) is 0 Å². The van der Waals surface area contributed by atoms with Crippen molar-refractivity contribution in [2.24, 2.45) is 0 Å². The van der Waals surface area contributed by atoms with E-state index in [-0.39, 0.29) is 6.04 Å². The molecule has 5 heterocycles. The molecule has 3 fully saturated rings. The molecule has 0 aliphatic carbocycles. The van der Waals surface area contributed by atoms with E-state index >= 15 is 0 Å². The highest BCUT2D eigenvalue weighted by molar-refractivity contribution is 8.05. The summed E-state index contributed by atoms with van der Waals surface area (Å²) in [5, 5.41) is 3.80. The van der Waals surface area contributed by atoms with Crippen LogP contribution in [0.4, 0.5) is 11.4 Å². The largest absolute Gasteiger partial charge is 0.497 e. The van der Waals surface area contributed by atoms with Crippen molar-refractivity contribution >= 4 is 34.9 Å². The zero-order chi connectivity index (χ0) is 32.3. The van der Waals surface area contributed by atoms with Gasteiger partial charge < -0.3 is 33.9 Å². The highest BCUT2D eigenvalue weighted by Crippen LogP contribution is 2.52. The van der Waals surface area contributed by atoms with Crippen molar-refractivity contribution in [3.05, 3.63) is 78.4 Å². The fourth-order valence-corrected chi connectivity index (χ4v) is 9.05. The van der Waals surface area contributed by atoms with Crippen LogP contribution in [0, 0.1) is 0 Å². The first kappa shape index (κ1) is 31.8. The second kappa shape index (κ2) is 14.6. The highest BCUT2D eigenvalue weighted by atomic mass is 32.2. The van der Waals surface area contributed by atoms with Crippen molar-refractivity contribution in [1.82, 2.24) is 9.88 Å². The van der Waals surface area contributed by atoms with Gasteiger partial charge in [0.05, 0.1) is 64.5 Å². The highest BCUT2D eigenvalue weighted by Gasteiger charge is 2.34. The molecule has 1 N–H and O–H groups in total. The third-order valence-corrected chi connectivity index (χ3v) is 11.9. The van der Waals surface area contributed by atoms with Gasteiger partial charge in [0.2, 0.25) is 5.88 Å². The Labute approximate surface area is 290 Å². The molecule has 2 atom stereocenters. The van der Waals surface area contributed by atoms with Crippen LogP contribution in [0.15, 0.2) is 92.4 Å². The average Bonchev–Trinajstić information content (AvgIpc) is 3.61. The molecule has 9 nitrogen and oxygen atoms in total. The fourth-order valence-electron chi connectivity index (χ4n) is 6.64. The Morgan fingerprint density at radius 1 is 0.812 bits per heavy atom. The summed E-state index contributed by atoms with van der Waals surface area (Å²) in [5.41, 5.74) is 5.31. The number of aromatic nitrogens is 1. The average molecular weight is 685 g/mol. The standard InChI is InChI=1S/C37H40N4O5S2/c1-42-28-8-5-25(6-9-28)22-46-36-21-27(40-11-15-43-16-12-40)20-30(39-36)29-3-2-4-34-37(29)48-33-10-7-26(19-35(33)47-34)38-31-23-45-24-32(31)41-13-17-44-18-14-41/h2-10,19-21,31-32,38H,11-18,22-24H2,1H3. The second-order valence-electron chi connectivity index (χ2n) is 12.3. The Balaban J connectivity index is 1.04. The summed E-state index contributed by atoms with van der Waals surface area (Å²) in [7, 11) is 1.68. The van der Waals surface area contributed by atoms with Gasteiger partial charge in [-0.3, -0.25) is 4.90 Å². The van der Waals surface area contributed by atoms with Gasteiger partial charge in [0.1, 0.15) is 12.4 Å². The Morgan fingerprint density at radius 2 is 1.62 bits per heavy atom. The van der Waals surface area contributed by atoms with Crippen molar-refractivity contribution in [2.45, 2.75) is 38.3 Å². The monoisotopic (exact) mass is 684 g/mol. The molecular weight excluding hydrogens is 645 g/mol. The van der Waals surface area contributed by atoms with Gasteiger partial charge in [-0.05, 0) is 48.0 Å². The molecule has 48 heavy (non-hydrogen) atoms. The van der Waals surface area contributed by atoms with Gasteiger partial charge in [0, 0.05) is 68.8 Å². The van der Waals surface area contributed by atoms with Crippen molar-refractivity contribution in [3.63, 3.8) is 0 Å². The summed E-state index contributed by atoms with van der Waals surface area (Å²) in [4.78, 5) is 14.9. The third kappa shape index (κ3) is 6.99. The number of nitrogens with one attached hydrogen (secondary N) is 1. The Bertz CT molecular complexity index is 1730. The molecule has 3 aromatic carbocycles. The van der Waals surface area contributed by atoms with Gasteiger partial charge in [-0.25, -0.2) is 4.98 Å². The maximum absolute atomic E-state index is 6.33. The molecule has 4 aromatic rings. The first-order chi connectivity index (χ1) is 23.7. The van der Waals surface area contributed by atoms with E-state index in [4.69, 9.17) is 28.7 Å². The number of benzene rings is 3. The van der Waals surface area contributed by atoms with Crippen LogP contribution in [0.3, 0.4) is 0 Å². The lowest BCUT2D eigenvalue weighted by Gasteiger charge is -2.35. The minimum Gasteiger partial charge on any atom is -0.497 e. The molecule has 0 saturated carbocycles. The lowest BCUT2D eigenvalue weighted by Crippen LogP contribution is -2.50. The van der Waals surface area contributed by atoms with Crippen LogP contribution >= 0.6 is 23.5 Å². The van der Waals surface area contributed by atoms with Gasteiger partial charge in [-0.1, -0.05) is 47.8 Å². The van der Waals surface area contributed by atoms with E-state index in [1.165, 1.54) is 19.6 Å². The topological polar surface area (TPSA) is 77.5 Å². The second-order valence-corrected chi connectivity index (χ2v) is 14.4. The molecule has 1 aromatic heterocycles. The van der Waals surface area contributed by atoms with E-state index < -0.39 is 0 Å². The van der Waals surface area contributed by atoms with E-state index in [9.17, 15) is 0 Å². The van der Waals surface area contributed by atoms with Gasteiger partial charge in [-0.15, -0.1) is 0 Å². The zero-order valence-electron chi connectivity index (χ0n) is 27.1. The van der Waals surface area contributed by atoms with Crippen molar-refractivity contribution in [3.8, 4) is 22.9 Å². The van der Waals surface area contributed by atoms with Crippen molar-refractivity contribution in [2.75, 3.05) is 83.1 Å². The minimum absolute atomic E-state index is 0.257. The molecule has 8 rings (SSSR count). The van der Waals surface area contributed by atoms with Crippen LogP contribution in [-0.2, 0) is 20.8 Å². The van der Waals surface area contributed by atoms with Crippen LogP contribution in [0.2, 0.25) is 0 Å².